The number of carbonyl (C=O) groups excluding carboxylic acids is 2. The normalized spacial score (nSPS) is 26.7. The van der Waals surface area contributed by atoms with Crippen LogP contribution in [-0.2, 0) is 9.59 Å². The van der Waals surface area contributed by atoms with E-state index in [0.29, 0.717) is 18.9 Å². The fraction of sp³-hybridized carbons (Fsp3) is 0.800. The maximum atomic E-state index is 12.1. The predicted octanol–water partition coefficient (Wildman–Crippen LogP) is 0.0830. The molecular formula is C10H15FN2O2. The lowest BCUT2D eigenvalue weighted by atomic mass is 10.1. The molecular weight excluding hydrogens is 199 g/mol. The molecule has 15 heavy (non-hydrogen) atoms. The van der Waals surface area contributed by atoms with Crippen LogP contribution >= 0.6 is 0 Å². The van der Waals surface area contributed by atoms with Gasteiger partial charge in [0.15, 0.2) is 0 Å². The zero-order valence-corrected chi connectivity index (χ0v) is 8.54. The maximum absolute atomic E-state index is 12.1. The summed E-state index contributed by atoms with van der Waals surface area (Å²) in [6.07, 6.45) is 2.32. The lowest BCUT2D eigenvalue weighted by Crippen LogP contribution is -2.59. The Balaban J connectivity index is 2.05. The third-order valence-corrected chi connectivity index (χ3v) is 2.94. The third-order valence-electron chi connectivity index (χ3n) is 2.94. The quantitative estimate of drug-likeness (QED) is 0.720. The SMILES string of the molecule is O=C1NCC(=O)N(CCCF)C1C1CC1. The number of amides is 2. The average molecular weight is 214 g/mol. The number of piperazine rings is 1. The molecule has 1 heterocycles. The Morgan fingerprint density at radius 2 is 2.13 bits per heavy atom. The number of nitrogens with zero attached hydrogens (tertiary/aromatic N) is 1. The van der Waals surface area contributed by atoms with Crippen LogP contribution in [0.4, 0.5) is 4.39 Å². The summed E-state index contributed by atoms with van der Waals surface area (Å²) < 4.78 is 12.1. The van der Waals surface area contributed by atoms with Crippen molar-refractivity contribution in [3.05, 3.63) is 0 Å². The Morgan fingerprint density at radius 1 is 1.40 bits per heavy atom. The van der Waals surface area contributed by atoms with Crippen molar-refractivity contribution in [2.45, 2.75) is 25.3 Å². The Kier molecular flexibility index (Phi) is 2.88. The van der Waals surface area contributed by atoms with E-state index in [9.17, 15) is 14.0 Å². The predicted molar refractivity (Wildman–Crippen MR) is 51.8 cm³/mol. The van der Waals surface area contributed by atoms with Gasteiger partial charge in [-0.15, -0.1) is 0 Å². The van der Waals surface area contributed by atoms with Crippen molar-refractivity contribution >= 4 is 11.8 Å². The van der Waals surface area contributed by atoms with Crippen molar-refractivity contribution in [1.29, 1.82) is 0 Å². The van der Waals surface area contributed by atoms with Crippen LogP contribution in [0.2, 0.25) is 0 Å². The topological polar surface area (TPSA) is 49.4 Å². The van der Waals surface area contributed by atoms with E-state index in [0.717, 1.165) is 12.8 Å². The molecule has 1 saturated carbocycles. The van der Waals surface area contributed by atoms with Gasteiger partial charge in [0.05, 0.1) is 13.2 Å². The van der Waals surface area contributed by atoms with E-state index in [1.165, 1.54) is 0 Å². The van der Waals surface area contributed by atoms with Gasteiger partial charge in [0.2, 0.25) is 11.8 Å². The first-order valence-electron chi connectivity index (χ1n) is 5.37. The lowest BCUT2D eigenvalue weighted by molar-refractivity contribution is -0.146. The summed E-state index contributed by atoms with van der Waals surface area (Å²) in [5, 5.41) is 2.59. The Morgan fingerprint density at radius 3 is 2.73 bits per heavy atom. The summed E-state index contributed by atoms with van der Waals surface area (Å²) in [6, 6.07) is -0.335. The van der Waals surface area contributed by atoms with Crippen molar-refractivity contribution in [1.82, 2.24) is 10.2 Å². The van der Waals surface area contributed by atoms with Gasteiger partial charge in [0, 0.05) is 6.54 Å². The van der Waals surface area contributed by atoms with Gasteiger partial charge in [0.1, 0.15) is 6.04 Å². The minimum Gasteiger partial charge on any atom is -0.345 e. The first kappa shape index (κ1) is 10.4. The molecule has 0 bridgehead atoms. The van der Waals surface area contributed by atoms with Gasteiger partial charge in [-0.2, -0.15) is 0 Å². The first-order valence-corrected chi connectivity index (χ1v) is 5.37. The molecule has 1 aliphatic heterocycles. The molecule has 2 fully saturated rings. The molecule has 0 aromatic rings. The van der Waals surface area contributed by atoms with Gasteiger partial charge in [0.25, 0.3) is 0 Å². The van der Waals surface area contributed by atoms with Gasteiger partial charge in [-0.3, -0.25) is 14.0 Å². The van der Waals surface area contributed by atoms with Crippen LogP contribution in [0, 0.1) is 5.92 Å². The summed E-state index contributed by atoms with van der Waals surface area (Å²) >= 11 is 0. The van der Waals surface area contributed by atoms with Crippen molar-refractivity contribution in [2.24, 2.45) is 5.92 Å². The molecule has 1 N–H and O–H groups in total. The van der Waals surface area contributed by atoms with E-state index in [1.807, 2.05) is 0 Å². The summed E-state index contributed by atoms with van der Waals surface area (Å²) in [5.41, 5.74) is 0. The minimum absolute atomic E-state index is 0.0638. The third kappa shape index (κ3) is 2.11. The molecule has 1 saturated heterocycles. The second-order valence-corrected chi connectivity index (χ2v) is 4.13. The second-order valence-electron chi connectivity index (χ2n) is 4.13. The van der Waals surface area contributed by atoms with E-state index in [2.05, 4.69) is 5.32 Å². The number of alkyl halides is 1. The molecule has 2 amide bonds. The van der Waals surface area contributed by atoms with E-state index >= 15 is 0 Å². The lowest BCUT2D eigenvalue weighted by Gasteiger charge is -2.34. The van der Waals surface area contributed by atoms with E-state index < -0.39 is 6.67 Å². The second kappa shape index (κ2) is 4.16. The number of hydrogen-bond acceptors (Lipinski definition) is 2. The van der Waals surface area contributed by atoms with Crippen LogP contribution < -0.4 is 5.32 Å². The zero-order chi connectivity index (χ0) is 10.8. The summed E-state index contributed by atoms with van der Waals surface area (Å²) in [4.78, 5) is 24.7. The Hall–Kier alpha value is -1.13. The van der Waals surface area contributed by atoms with Crippen molar-refractivity contribution in [3.63, 3.8) is 0 Å². The summed E-state index contributed by atoms with van der Waals surface area (Å²) in [5.74, 6) is 0.143. The van der Waals surface area contributed by atoms with Gasteiger partial charge in [-0.05, 0) is 25.2 Å². The maximum Gasteiger partial charge on any atom is 0.243 e. The van der Waals surface area contributed by atoms with Crippen LogP contribution in [0.15, 0.2) is 0 Å². The fourth-order valence-electron chi connectivity index (χ4n) is 2.04. The fourth-order valence-corrected chi connectivity index (χ4v) is 2.04. The van der Waals surface area contributed by atoms with Crippen LogP contribution in [0.25, 0.3) is 0 Å². The van der Waals surface area contributed by atoms with Crippen molar-refractivity contribution in [3.8, 4) is 0 Å². The Labute approximate surface area is 87.8 Å². The molecule has 0 aromatic heterocycles. The summed E-state index contributed by atoms with van der Waals surface area (Å²) in [7, 11) is 0. The number of rotatable bonds is 4. The largest absolute Gasteiger partial charge is 0.345 e. The molecule has 84 valence electrons. The highest BCUT2D eigenvalue weighted by Crippen LogP contribution is 2.36. The van der Waals surface area contributed by atoms with E-state index in [1.54, 1.807) is 4.90 Å². The van der Waals surface area contributed by atoms with Crippen molar-refractivity contribution in [2.75, 3.05) is 19.8 Å². The minimum atomic E-state index is -0.442. The van der Waals surface area contributed by atoms with E-state index in [-0.39, 0.29) is 24.4 Å². The smallest absolute Gasteiger partial charge is 0.243 e. The molecule has 0 aromatic carbocycles. The average Bonchev–Trinajstić information content (AvgIpc) is 3.03. The molecule has 0 spiro atoms. The molecule has 1 aliphatic carbocycles. The van der Waals surface area contributed by atoms with Gasteiger partial charge >= 0.3 is 0 Å². The highest BCUT2D eigenvalue weighted by Gasteiger charge is 2.44. The van der Waals surface area contributed by atoms with Gasteiger partial charge < -0.3 is 10.2 Å². The highest BCUT2D eigenvalue weighted by molar-refractivity contribution is 5.95. The number of halogens is 1. The molecule has 1 atom stereocenters. The molecule has 4 nitrogen and oxygen atoms in total. The van der Waals surface area contributed by atoms with Crippen molar-refractivity contribution < 1.29 is 14.0 Å². The standard InChI is InChI=1S/C10H15FN2O2/c11-4-1-5-13-8(14)6-12-10(15)9(13)7-2-3-7/h7,9H,1-6H2,(H,12,15). The molecule has 0 radical (unpaired) electrons. The van der Waals surface area contributed by atoms with Crippen LogP contribution in [0.5, 0.6) is 0 Å². The molecule has 2 aliphatic rings. The van der Waals surface area contributed by atoms with Gasteiger partial charge in [-0.25, -0.2) is 0 Å². The van der Waals surface area contributed by atoms with Crippen LogP contribution in [0.3, 0.4) is 0 Å². The zero-order valence-electron chi connectivity index (χ0n) is 8.54. The highest BCUT2D eigenvalue weighted by atomic mass is 19.1. The van der Waals surface area contributed by atoms with Crippen LogP contribution in [-0.4, -0.2) is 42.5 Å². The molecule has 5 heteroatoms. The number of nitrogens with one attached hydrogen (secondary N) is 1. The number of hydrogen-bond donors (Lipinski definition) is 1. The van der Waals surface area contributed by atoms with Crippen LogP contribution in [0.1, 0.15) is 19.3 Å². The molecule has 1 unspecified atom stereocenters. The van der Waals surface area contributed by atoms with Gasteiger partial charge in [-0.1, -0.05) is 0 Å². The first-order chi connectivity index (χ1) is 7.24. The Bertz CT molecular complexity index is 279. The summed E-state index contributed by atoms with van der Waals surface area (Å²) in [6.45, 7) is -0.0129. The molecule has 2 rings (SSSR count). The van der Waals surface area contributed by atoms with E-state index in [4.69, 9.17) is 0 Å². The monoisotopic (exact) mass is 214 g/mol. The number of carbonyl (C=O) groups is 2.